The third-order valence-electron chi connectivity index (χ3n) is 4.07. The lowest BCUT2D eigenvalue weighted by atomic mass is 9.87. The summed E-state index contributed by atoms with van der Waals surface area (Å²) in [7, 11) is 2.01. The van der Waals surface area contributed by atoms with E-state index >= 15 is 0 Å². The first-order valence-corrected chi connectivity index (χ1v) is 5.77. The van der Waals surface area contributed by atoms with E-state index in [9.17, 15) is 4.79 Å². The van der Waals surface area contributed by atoms with Crippen LogP contribution in [0.1, 0.15) is 32.6 Å². The SMILES string of the molecule is CCOC(=O)[C@]12CC[C@@H](N)[C@H](CC1)N2C. The van der Waals surface area contributed by atoms with Crippen LogP contribution in [-0.2, 0) is 9.53 Å². The normalized spacial score (nSPS) is 40.5. The van der Waals surface area contributed by atoms with Crippen molar-refractivity contribution in [3.63, 3.8) is 0 Å². The Labute approximate surface area is 90.8 Å². The molecule has 86 valence electrons. The monoisotopic (exact) mass is 212 g/mol. The van der Waals surface area contributed by atoms with Gasteiger partial charge in [-0.3, -0.25) is 9.69 Å². The van der Waals surface area contributed by atoms with Crippen molar-refractivity contribution in [1.82, 2.24) is 4.90 Å². The highest BCUT2D eigenvalue weighted by atomic mass is 16.5. The Bertz CT molecular complexity index is 269. The second kappa shape index (κ2) is 3.76. The average molecular weight is 212 g/mol. The maximum Gasteiger partial charge on any atom is 0.326 e. The topological polar surface area (TPSA) is 55.6 Å². The van der Waals surface area contributed by atoms with Gasteiger partial charge in [0.25, 0.3) is 0 Å². The van der Waals surface area contributed by atoms with Gasteiger partial charge in [-0.2, -0.15) is 0 Å². The Hall–Kier alpha value is -0.610. The predicted molar refractivity (Wildman–Crippen MR) is 57.4 cm³/mol. The maximum absolute atomic E-state index is 12.0. The van der Waals surface area contributed by atoms with Gasteiger partial charge >= 0.3 is 5.97 Å². The molecule has 0 saturated carbocycles. The number of likely N-dealkylation sites (N-methyl/N-ethyl adjacent to an activating group) is 1. The number of esters is 1. The van der Waals surface area contributed by atoms with E-state index in [4.69, 9.17) is 10.5 Å². The van der Waals surface area contributed by atoms with E-state index in [1.807, 2.05) is 14.0 Å². The smallest absolute Gasteiger partial charge is 0.326 e. The number of piperidine rings is 1. The lowest BCUT2D eigenvalue weighted by Gasteiger charge is -2.42. The van der Waals surface area contributed by atoms with Crippen molar-refractivity contribution < 1.29 is 9.53 Å². The quantitative estimate of drug-likeness (QED) is 0.677. The fourth-order valence-electron chi connectivity index (χ4n) is 3.09. The summed E-state index contributed by atoms with van der Waals surface area (Å²) in [5, 5.41) is 0. The molecule has 0 amide bonds. The minimum atomic E-state index is -0.365. The summed E-state index contributed by atoms with van der Waals surface area (Å²) in [6, 6.07) is 0.586. The number of fused-ring (bicyclic) bond motifs is 2. The van der Waals surface area contributed by atoms with Gasteiger partial charge in [-0.25, -0.2) is 0 Å². The Balaban J connectivity index is 2.19. The third kappa shape index (κ3) is 1.47. The van der Waals surface area contributed by atoms with Gasteiger partial charge in [-0.15, -0.1) is 0 Å². The second-order valence-corrected chi connectivity index (χ2v) is 4.67. The lowest BCUT2D eigenvalue weighted by Crippen LogP contribution is -2.59. The van der Waals surface area contributed by atoms with Crippen LogP contribution >= 0.6 is 0 Å². The first kappa shape index (κ1) is 10.9. The number of hydrogen-bond acceptors (Lipinski definition) is 4. The zero-order valence-electron chi connectivity index (χ0n) is 9.53. The van der Waals surface area contributed by atoms with Crippen LogP contribution in [0.5, 0.6) is 0 Å². The Kier molecular flexibility index (Phi) is 2.73. The van der Waals surface area contributed by atoms with Crippen molar-refractivity contribution in [3.8, 4) is 0 Å². The maximum atomic E-state index is 12.0. The van der Waals surface area contributed by atoms with E-state index in [1.54, 1.807) is 0 Å². The highest BCUT2D eigenvalue weighted by molar-refractivity contribution is 5.81. The molecule has 3 atom stereocenters. The van der Waals surface area contributed by atoms with E-state index in [-0.39, 0.29) is 17.6 Å². The molecule has 0 spiro atoms. The van der Waals surface area contributed by atoms with Crippen molar-refractivity contribution in [2.24, 2.45) is 5.73 Å². The largest absolute Gasteiger partial charge is 0.465 e. The highest BCUT2D eigenvalue weighted by Crippen LogP contribution is 2.43. The number of hydrogen-bond donors (Lipinski definition) is 1. The summed E-state index contributed by atoms with van der Waals surface area (Å²) in [5.41, 5.74) is 5.68. The molecule has 4 heteroatoms. The minimum absolute atomic E-state index is 0.0538. The summed E-state index contributed by atoms with van der Waals surface area (Å²) in [4.78, 5) is 14.1. The molecular formula is C11H20N2O2. The molecule has 0 aromatic carbocycles. The Morgan fingerprint density at radius 3 is 2.87 bits per heavy atom. The molecule has 15 heavy (non-hydrogen) atoms. The van der Waals surface area contributed by atoms with Crippen molar-refractivity contribution in [2.75, 3.05) is 13.7 Å². The predicted octanol–water partition coefficient (Wildman–Crippen LogP) is 0.504. The Morgan fingerprint density at radius 2 is 2.20 bits per heavy atom. The molecule has 2 saturated heterocycles. The van der Waals surface area contributed by atoms with Crippen LogP contribution < -0.4 is 5.73 Å². The zero-order valence-corrected chi connectivity index (χ0v) is 9.53. The van der Waals surface area contributed by atoms with Gasteiger partial charge < -0.3 is 10.5 Å². The molecular weight excluding hydrogens is 192 g/mol. The second-order valence-electron chi connectivity index (χ2n) is 4.67. The number of nitrogens with zero attached hydrogens (tertiary/aromatic N) is 1. The number of rotatable bonds is 2. The fraction of sp³-hybridized carbons (Fsp3) is 0.909. The molecule has 0 radical (unpaired) electrons. The van der Waals surface area contributed by atoms with Gasteiger partial charge in [-0.05, 0) is 39.7 Å². The number of nitrogens with two attached hydrogens (primary N) is 1. The number of carbonyl (C=O) groups is 1. The van der Waals surface area contributed by atoms with Gasteiger partial charge in [0.15, 0.2) is 0 Å². The molecule has 4 nitrogen and oxygen atoms in total. The van der Waals surface area contributed by atoms with E-state index in [0.717, 1.165) is 25.7 Å². The summed E-state index contributed by atoms with van der Waals surface area (Å²) in [6.45, 7) is 2.32. The summed E-state index contributed by atoms with van der Waals surface area (Å²) < 4.78 is 5.19. The van der Waals surface area contributed by atoms with Crippen LogP contribution in [0.3, 0.4) is 0 Å². The van der Waals surface area contributed by atoms with Crippen molar-refractivity contribution in [1.29, 1.82) is 0 Å². The van der Waals surface area contributed by atoms with Gasteiger partial charge in [0.05, 0.1) is 6.61 Å². The van der Waals surface area contributed by atoms with Crippen LogP contribution in [0, 0.1) is 0 Å². The lowest BCUT2D eigenvalue weighted by molar-refractivity contribution is -0.158. The highest BCUT2D eigenvalue weighted by Gasteiger charge is 2.55. The molecule has 0 aromatic rings. The van der Waals surface area contributed by atoms with E-state index in [2.05, 4.69) is 4.90 Å². The van der Waals surface area contributed by atoms with Crippen molar-refractivity contribution >= 4 is 5.97 Å². The number of ether oxygens (including phenoxy) is 1. The van der Waals surface area contributed by atoms with E-state index in [0.29, 0.717) is 12.6 Å². The average Bonchev–Trinajstić information content (AvgIpc) is 2.42. The van der Waals surface area contributed by atoms with Gasteiger partial charge in [0, 0.05) is 12.1 Å². The van der Waals surface area contributed by atoms with Crippen molar-refractivity contribution in [3.05, 3.63) is 0 Å². The van der Waals surface area contributed by atoms with Crippen LogP contribution in [0.4, 0.5) is 0 Å². The molecule has 2 fully saturated rings. The van der Waals surface area contributed by atoms with Crippen molar-refractivity contribution in [2.45, 2.75) is 50.2 Å². The van der Waals surface area contributed by atoms with Crippen LogP contribution in [0.2, 0.25) is 0 Å². The standard InChI is InChI=1S/C11H20N2O2/c1-3-15-10(14)11-6-4-8(12)9(5-7-11)13(11)2/h8-9H,3-7,12H2,1-2H3/t8-,9+,11+/m1/s1. The molecule has 2 aliphatic heterocycles. The molecule has 0 unspecified atom stereocenters. The third-order valence-corrected chi connectivity index (χ3v) is 4.07. The first-order valence-electron chi connectivity index (χ1n) is 5.77. The summed E-state index contributed by atoms with van der Waals surface area (Å²) in [6.07, 6.45) is 3.71. The minimum Gasteiger partial charge on any atom is -0.465 e. The molecule has 2 rings (SSSR count). The molecule has 0 aromatic heterocycles. The number of carbonyl (C=O) groups excluding carboxylic acids is 1. The molecule has 0 aliphatic carbocycles. The summed E-state index contributed by atoms with van der Waals surface area (Å²) >= 11 is 0. The summed E-state index contributed by atoms with van der Waals surface area (Å²) in [5.74, 6) is -0.0538. The van der Waals surface area contributed by atoms with Gasteiger partial charge in [0.2, 0.25) is 0 Å². The Morgan fingerprint density at radius 1 is 1.53 bits per heavy atom. The van der Waals surface area contributed by atoms with E-state index in [1.165, 1.54) is 0 Å². The van der Waals surface area contributed by atoms with Crippen LogP contribution in [0.15, 0.2) is 0 Å². The van der Waals surface area contributed by atoms with Crippen LogP contribution in [-0.4, -0.2) is 42.1 Å². The van der Waals surface area contributed by atoms with Gasteiger partial charge in [0.1, 0.15) is 5.54 Å². The fourth-order valence-corrected chi connectivity index (χ4v) is 3.09. The molecule has 2 N–H and O–H groups in total. The van der Waals surface area contributed by atoms with Gasteiger partial charge in [-0.1, -0.05) is 0 Å². The van der Waals surface area contributed by atoms with E-state index < -0.39 is 0 Å². The first-order chi connectivity index (χ1) is 7.12. The van der Waals surface area contributed by atoms with Crippen LogP contribution in [0.25, 0.3) is 0 Å². The molecule has 2 heterocycles. The molecule has 2 bridgehead atoms. The zero-order chi connectivity index (χ0) is 11.1. The molecule has 2 aliphatic rings.